The van der Waals surface area contributed by atoms with Gasteiger partial charge in [-0.15, -0.1) is 0 Å². The molecule has 2 heterocycles. The molecule has 0 spiro atoms. The Balaban J connectivity index is 1.45. The van der Waals surface area contributed by atoms with Crippen molar-refractivity contribution < 1.29 is 9.53 Å². The van der Waals surface area contributed by atoms with E-state index in [-0.39, 0.29) is 12.0 Å². The highest BCUT2D eigenvalue weighted by Gasteiger charge is 2.26. The third kappa shape index (κ3) is 3.48. The molecule has 1 amide bonds. The quantitative estimate of drug-likeness (QED) is 0.852. The zero-order chi connectivity index (χ0) is 17.9. The Morgan fingerprint density at radius 1 is 1.08 bits per heavy atom. The number of rotatable bonds is 3. The molecule has 1 atom stereocenters. The number of hydrogen-bond donors (Lipinski definition) is 0. The van der Waals surface area contributed by atoms with Gasteiger partial charge in [0.05, 0.1) is 18.8 Å². The van der Waals surface area contributed by atoms with Crippen LogP contribution >= 0.6 is 0 Å². The molecule has 2 aromatic carbocycles. The molecule has 1 fully saturated rings. The summed E-state index contributed by atoms with van der Waals surface area (Å²) in [6, 6.07) is 17.8. The highest BCUT2D eigenvalue weighted by molar-refractivity contribution is 5.94. The molecule has 4 rings (SSSR count). The maximum atomic E-state index is 12.9. The topological polar surface area (TPSA) is 45.1 Å². The van der Waals surface area contributed by atoms with Gasteiger partial charge in [0.25, 0.3) is 5.91 Å². The minimum absolute atomic E-state index is 0.0573. The van der Waals surface area contributed by atoms with Crippen LogP contribution in [0.5, 0.6) is 0 Å². The van der Waals surface area contributed by atoms with Crippen molar-refractivity contribution in [3.8, 4) is 0 Å². The molecule has 134 valence electrons. The Kier molecular flexibility index (Phi) is 4.71. The summed E-state index contributed by atoms with van der Waals surface area (Å²) in [6.07, 6.45) is 0.935. The minimum Gasteiger partial charge on any atom is -0.370 e. The van der Waals surface area contributed by atoms with E-state index in [1.807, 2.05) is 71.4 Å². The summed E-state index contributed by atoms with van der Waals surface area (Å²) in [5.41, 5.74) is 4.00. The molecule has 2 aromatic rings. The summed E-state index contributed by atoms with van der Waals surface area (Å²) < 4.78 is 5.86. The van der Waals surface area contributed by atoms with E-state index in [2.05, 4.69) is 5.10 Å². The van der Waals surface area contributed by atoms with Gasteiger partial charge in [-0.05, 0) is 36.8 Å². The van der Waals surface area contributed by atoms with E-state index in [0.29, 0.717) is 25.3 Å². The molecule has 0 aromatic heterocycles. The number of anilines is 1. The van der Waals surface area contributed by atoms with E-state index in [0.717, 1.165) is 29.9 Å². The molecule has 5 heteroatoms. The third-order valence-corrected chi connectivity index (χ3v) is 4.91. The fourth-order valence-corrected chi connectivity index (χ4v) is 3.42. The van der Waals surface area contributed by atoms with Crippen LogP contribution in [0.1, 0.15) is 35.4 Å². The molecule has 0 aliphatic carbocycles. The van der Waals surface area contributed by atoms with Crippen molar-refractivity contribution in [2.75, 3.05) is 31.3 Å². The second kappa shape index (κ2) is 7.30. The Labute approximate surface area is 153 Å². The van der Waals surface area contributed by atoms with E-state index in [4.69, 9.17) is 4.74 Å². The van der Waals surface area contributed by atoms with Gasteiger partial charge in [-0.1, -0.05) is 30.3 Å². The van der Waals surface area contributed by atoms with Gasteiger partial charge in [-0.3, -0.25) is 9.80 Å². The summed E-state index contributed by atoms with van der Waals surface area (Å²) in [7, 11) is 0. The fraction of sp³-hybridized carbons (Fsp3) is 0.333. The van der Waals surface area contributed by atoms with Crippen LogP contribution in [0, 0.1) is 0 Å². The lowest BCUT2D eigenvalue weighted by atomic mass is 10.1. The molecular formula is C21H23N3O2. The zero-order valence-corrected chi connectivity index (χ0v) is 15.0. The normalized spacial score (nSPS) is 20.2. The predicted octanol–water partition coefficient (Wildman–Crippen LogP) is 3.49. The van der Waals surface area contributed by atoms with Crippen LogP contribution in [-0.2, 0) is 4.74 Å². The van der Waals surface area contributed by atoms with Gasteiger partial charge >= 0.3 is 0 Å². The van der Waals surface area contributed by atoms with Gasteiger partial charge < -0.3 is 9.64 Å². The number of nitrogens with zero attached hydrogens (tertiary/aromatic N) is 3. The van der Waals surface area contributed by atoms with E-state index in [9.17, 15) is 4.79 Å². The van der Waals surface area contributed by atoms with Crippen LogP contribution in [0.25, 0.3) is 0 Å². The Morgan fingerprint density at radius 3 is 2.54 bits per heavy atom. The molecule has 5 nitrogen and oxygen atoms in total. The molecule has 2 aliphatic rings. The highest BCUT2D eigenvalue weighted by atomic mass is 16.5. The van der Waals surface area contributed by atoms with Crippen LogP contribution in [0.2, 0.25) is 0 Å². The third-order valence-electron chi connectivity index (χ3n) is 4.91. The second-order valence-corrected chi connectivity index (χ2v) is 6.78. The monoisotopic (exact) mass is 349 g/mol. The van der Waals surface area contributed by atoms with Crippen molar-refractivity contribution in [1.82, 2.24) is 4.90 Å². The van der Waals surface area contributed by atoms with E-state index < -0.39 is 0 Å². The molecule has 1 saturated heterocycles. The van der Waals surface area contributed by atoms with Gasteiger partial charge in [0.1, 0.15) is 6.10 Å². The van der Waals surface area contributed by atoms with Gasteiger partial charge in [0.15, 0.2) is 0 Å². The average molecular weight is 349 g/mol. The Hall–Kier alpha value is -2.66. The number of carbonyl (C=O) groups excluding carboxylic acids is 1. The number of hydrazone groups is 1. The van der Waals surface area contributed by atoms with Gasteiger partial charge in [-0.2, -0.15) is 5.10 Å². The van der Waals surface area contributed by atoms with Crippen molar-refractivity contribution in [2.24, 2.45) is 5.10 Å². The van der Waals surface area contributed by atoms with Gasteiger partial charge in [0, 0.05) is 30.8 Å². The van der Waals surface area contributed by atoms with Crippen LogP contribution < -0.4 is 5.01 Å². The molecule has 0 unspecified atom stereocenters. The van der Waals surface area contributed by atoms with Crippen molar-refractivity contribution in [2.45, 2.75) is 19.4 Å². The molecule has 26 heavy (non-hydrogen) atoms. The van der Waals surface area contributed by atoms with E-state index in [1.54, 1.807) is 0 Å². The van der Waals surface area contributed by atoms with Crippen molar-refractivity contribution in [3.63, 3.8) is 0 Å². The van der Waals surface area contributed by atoms with Crippen molar-refractivity contribution in [1.29, 1.82) is 0 Å². The standard InChI is InChI=1S/C21H23N3O2/c1-16-11-12-24(22-16)19-9-7-18(8-10-19)21(25)23-13-14-26-20(15-23)17-5-3-2-4-6-17/h2-10,20H,11-15H2,1H3/t20-/m0/s1. The maximum absolute atomic E-state index is 12.9. The van der Waals surface area contributed by atoms with Crippen LogP contribution in [0.3, 0.4) is 0 Å². The summed E-state index contributed by atoms with van der Waals surface area (Å²) in [6.45, 7) is 4.71. The minimum atomic E-state index is -0.0601. The van der Waals surface area contributed by atoms with E-state index >= 15 is 0 Å². The lowest BCUT2D eigenvalue weighted by Gasteiger charge is -2.33. The fourth-order valence-electron chi connectivity index (χ4n) is 3.42. The first-order chi connectivity index (χ1) is 12.7. The zero-order valence-electron chi connectivity index (χ0n) is 15.0. The predicted molar refractivity (Wildman–Crippen MR) is 103 cm³/mol. The summed E-state index contributed by atoms with van der Waals surface area (Å²) in [5.74, 6) is 0.0573. The molecular weight excluding hydrogens is 326 g/mol. The number of amides is 1. The Bertz CT molecular complexity index is 802. The smallest absolute Gasteiger partial charge is 0.254 e. The van der Waals surface area contributed by atoms with Gasteiger partial charge in [-0.25, -0.2) is 0 Å². The lowest BCUT2D eigenvalue weighted by Crippen LogP contribution is -2.42. The molecule has 0 bridgehead atoms. The van der Waals surface area contributed by atoms with Crippen molar-refractivity contribution in [3.05, 3.63) is 65.7 Å². The number of carbonyl (C=O) groups is 1. The number of benzene rings is 2. The molecule has 0 radical (unpaired) electrons. The van der Waals surface area contributed by atoms with Gasteiger partial charge in [0.2, 0.25) is 0 Å². The van der Waals surface area contributed by atoms with Crippen molar-refractivity contribution >= 4 is 17.3 Å². The summed E-state index contributed by atoms with van der Waals surface area (Å²) in [5, 5.41) is 6.49. The van der Waals surface area contributed by atoms with Crippen LogP contribution in [0.15, 0.2) is 59.7 Å². The first kappa shape index (κ1) is 16.8. The number of ether oxygens (including phenoxy) is 1. The summed E-state index contributed by atoms with van der Waals surface area (Å²) in [4.78, 5) is 14.8. The summed E-state index contributed by atoms with van der Waals surface area (Å²) >= 11 is 0. The first-order valence-corrected chi connectivity index (χ1v) is 9.08. The second-order valence-electron chi connectivity index (χ2n) is 6.78. The number of hydrogen-bond acceptors (Lipinski definition) is 4. The van der Waals surface area contributed by atoms with Crippen LogP contribution in [-0.4, -0.2) is 42.8 Å². The highest BCUT2D eigenvalue weighted by Crippen LogP contribution is 2.24. The SMILES string of the molecule is CC1=NN(c2ccc(C(=O)N3CCO[C@H](c4ccccc4)C3)cc2)CC1. The molecule has 2 aliphatic heterocycles. The van der Waals surface area contributed by atoms with Crippen LogP contribution in [0.4, 0.5) is 5.69 Å². The first-order valence-electron chi connectivity index (χ1n) is 9.08. The van der Waals surface area contributed by atoms with E-state index in [1.165, 1.54) is 0 Å². The molecule has 0 saturated carbocycles. The maximum Gasteiger partial charge on any atom is 0.254 e. The molecule has 0 N–H and O–H groups in total. The largest absolute Gasteiger partial charge is 0.370 e. The Morgan fingerprint density at radius 2 is 1.85 bits per heavy atom. The number of morpholine rings is 1. The lowest BCUT2D eigenvalue weighted by molar-refractivity contribution is -0.0228. The average Bonchev–Trinajstić information content (AvgIpc) is 3.15.